The second kappa shape index (κ2) is 5.54. The van der Waals surface area contributed by atoms with Crippen molar-refractivity contribution in [1.29, 1.82) is 0 Å². The second-order valence-corrected chi connectivity index (χ2v) is 4.18. The highest BCUT2D eigenvalue weighted by Gasteiger charge is 2.18. The fourth-order valence-electron chi connectivity index (χ4n) is 1.51. The smallest absolute Gasteiger partial charge is 0.296 e. The number of phenols is 1. The molecule has 0 aliphatic carbocycles. The zero-order valence-electron chi connectivity index (χ0n) is 9.91. The monoisotopic (exact) mass is 293 g/mol. The van der Waals surface area contributed by atoms with Gasteiger partial charge in [-0.15, -0.1) is 0 Å². The fourth-order valence-corrected chi connectivity index (χ4v) is 1.70. The van der Waals surface area contributed by atoms with Gasteiger partial charge in [-0.3, -0.25) is 19.9 Å². The van der Waals surface area contributed by atoms with Crippen LogP contribution in [0.4, 0.5) is 11.4 Å². The molecule has 20 heavy (non-hydrogen) atoms. The number of halogens is 1. The fraction of sp³-hybridized carbons (Fsp3) is 0. The Morgan fingerprint density at radius 1 is 1.40 bits per heavy atom. The molecule has 0 fully saturated rings. The topological polar surface area (TPSA) is 105 Å². The molecule has 2 N–H and O–H groups in total. The molecule has 0 saturated heterocycles. The van der Waals surface area contributed by atoms with Crippen LogP contribution in [0.1, 0.15) is 10.4 Å². The number of nitro benzene ring substituents is 1. The van der Waals surface area contributed by atoms with Crippen LogP contribution >= 0.6 is 11.6 Å². The lowest BCUT2D eigenvalue weighted by atomic mass is 10.2. The third kappa shape index (κ3) is 2.83. The molecule has 1 aromatic carbocycles. The average molecular weight is 294 g/mol. The van der Waals surface area contributed by atoms with E-state index < -0.39 is 16.5 Å². The van der Waals surface area contributed by atoms with Gasteiger partial charge in [-0.2, -0.15) is 0 Å². The molecule has 102 valence electrons. The molecule has 1 aromatic heterocycles. The van der Waals surface area contributed by atoms with Crippen LogP contribution in [-0.2, 0) is 0 Å². The Bertz CT molecular complexity index is 690. The van der Waals surface area contributed by atoms with Gasteiger partial charge >= 0.3 is 0 Å². The van der Waals surface area contributed by atoms with E-state index >= 15 is 0 Å². The lowest BCUT2D eigenvalue weighted by Gasteiger charge is -2.07. The minimum atomic E-state index is -0.708. The number of aromatic nitrogens is 1. The van der Waals surface area contributed by atoms with Crippen molar-refractivity contribution in [1.82, 2.24) is 4.98 Å². The molecule has 0 radical (unpaired) electrons. The molecule has 0 spiro atoms. The number of anilines is 1. The number of carbonyl (C=O) groups is 1. The van der Waals surface area contributed by atoms with Crippen LogP contribution in [0, 0.1) is 10.1 Å². The van der Waals surface area contributed by atoms with Gasteiger partial charge in [-0.05, 0) is 18.2 Å². The number of aromatic hydroxyl groups is 1. The summed E-state index contributed by atoms with van der Waals surface area (Å²) in [4.78, 5) is 25.9. The van der Waals surface area contributed by atoms with E-state index in [-0.39, 0.29) is 22.0 Å². The van der Waals surface area contributed by atoms with Crippen molar-refractivity contribution < 1.29 is 14.8 Å². The number of benzene rings is 1. The lowest BCUT2D eigenvalue weighted by Crippen LogP contribution is -2.13. The molecule has 1 heterocycles. The highest BCUT2D eigenvalue weighted by molar-refractivity contribution is 6.34. The van der Waals surface area contributed by atoms with Crippen molar-refractivity contribution in [3.8, 4) is 5.75 Å². The molecule has 0 aliphatic rings. The zero-order chi connectivity index (χ0) is 14.7. The van der Waals surface area contributed by atoms with Gasteiger partial charge in [0.1, 0.15) is 11.4 Å². The molecular formula is C12H8ClN3O4. The molecule has 1 amide bonds. The molecule has 0 unspecified atom stereocenters. The van der Waals surface area contributed by atoms with Gasteiger partial charge < -0.3 is 10.4 Å². The highest BCUT2D eigenvalue weighted by Crippen LogP contribution is 2.29. The summed E-state index contributed by atoms with van der Waals surface area (Å²) in [5.41, 5.74) is -0.368. The molecule has 0 saturated carbocycles. The quantitative estimate of drug-likeness (QED) is 0.514. The molecule has 2 rings (SSSR count). The second-order valence-electron chi connectivity index (χ2n) is 3.77. The third-order valence-corrected chi connectivity index (χ3v) is 2.77. The Morgan fingerprint density at radius 2 is 2.15 bits per heavy atom. The molecule has 2 aromatic rings. The Morgan fingerprint density at radius 3 is 2.80 bits per heavy atom. The van der Waals surface area contributed by atoms with Gasteiger partial charge in [-0.1, -0.05) is 11.6 Å². The minimum absolute atomic E-state index is 0.0438. The van der Waals surface area contributed by atoms with Crippen molar-refractivity contribution in [2.24, 2.45) is 0 Å². The van der Waals surface area contributed by atoms with E-state index in [1.807, 2.05) is 0 Å². The Kier molecular flexibility index (Phi) is 3.81. The number of carbonyl (C=O) groups excluding carboxylic acids is 1. The summed E-state index contributed by atoms with van der Waals surface area (Å²) in [6.45, 7) is 0. The number of hydrogen-bond acceptors (Lipinski definition) is 5. The number of nitrogens with one attached hydrogen (secondary N) is 1. The maximum Gasteiger partial charge on any atom is 0.296 e. The lowest BCUT2D eigenvalue weighted by molar-refractivity contribution is -0.384. The van der Waals surface area contributed by atoms with E-state index in [0.29, 0.717) is 0 Å². The normalized spacial score (nSPS) is 10.1. The number of pyridine rings is 1. The van der Waals surface area contributed by atoms with E-state index in [4.69, 9.17) is 11.6 Å². The first-order valence-corrected chi connectivity index (χ1v) is 5.75. The molecule has 7 nitrogen and oxygen atoms in total. The molecule has 0 aliphatic heterocycles. The average Bonchev–Trinajstić information content (AvgIpc) is 2.41. The first kappa shape index (κ1) is 13.8. The number of phenolic OH excluding ortho intramolecular Hbond substituents is 1. The van der Waals surface area contributed by atoms with Crippen LogP contribution in [-0.4, -0.2) is 20.9 Å². The van der Waals surface area contributed by atoms with Gasteiger partial charge in [0.15, 0.2) is 0 Å². The van der Waals surface area contributed by atoms with Crippen LogP contribution in [0.3, 0.4) is 0 Å². The van der Waals surface area contributed by atoms with Crippen LogP contribution in [0.25, 0.3) is 0 Å². The first-order chi connectivity index (χ1) is 9.49. The molecule has 0 bridgehead atoms. The Balaban J connectivity index is 2.33. The van der Waals surface area contributed by atoms with Crippen molar-refractivity contribution in [3.05, 3.63) is 57.4 Å². The van der Waals surface area contributed by atoms with Gasteiger partial charge in [0.2, 0.25) is 0 Å². The Labute approximate surface area is 118 Å². The third-order valence-electron chi connectivity index (χ3n) is 2.44. The van der Waals surface area contributed by atoms with Crippen molar-refractivity contribution >= 4 is 28.9 Å². The number of nitro groups is 1. The van der Waals surface area contributed by atoms with E-state index in [1.54, 1.807) is 0 Å². The van der Waals surface area contributed by atoms with Gasteiger partial charge in [0, 0.05) is 12.4 Å². The standard InChI is InChI=1S/C12H8ClN3O4/c13-9-3-4-14-6-8(9)12(18)15-10-2-1-7(17)5-11(10)16(19)20/h1-6,17H,(H,15,18). The van der Waals surface area contributed by atoms with Gasteiger partial charge in [0.05, 0.1) is 21.6 Å². The summed E-state index contributed by atoms with van der Waals surface area (Å²) in [5, 5.41) is 22.6. The Hall–Kier alpha value is -2.67. The maximum atomic E-state index is 12.0. The highest BCUT2D eigenvalue weighted by atomic mass is 35.5. The summed E-state index contributed by atoms with van der Waals surface area (Å²) in [6, 6.07) is 4.84. The predicted octanol–water partition coefficient (Wildman–Crippen LogP) is 2.60. The predicted molar refractivity (Wildman–Crippen MR) is 72.0 cm³/mol. The van der Waals surface area contributed by atoms with E-state index in [9.17, 15) is 20.0 Å². The minimum Gasteiger partial charge on any atom is -0.508 e. The summed E-state index contributed by atoms with van der Waals surface area (Å²) in [7, 11) is 0. The first-order valence-electron chi connectivity index (χ1n) is 5.37. The molecule has 8 heteroatoms. The van der Waals surface area contributed by atoms with Crippen LogP contribution in [0.15, 0.2) is 36.7 Å². The van der Waals surface area contributed by atoms with Crippen LogP contribution in [0.5, 0.6) is 5.75 Å². The van der Waals surface area contributed by atoms with E-state index in [1.165, 1.54) is 30.6 Å². The number of rotatable bonds is 3. The SMILES string of the molecule is O=C(Nc1ccc(O)cc1[N+](=O)[O-])c1cnccc1Cl. The van der Waals surface area contributed by atoms with Crippen molar-refractivity contribution in [2.45, 2.75) is 0 Å². The summed E-state index contributed by atoms with van der Waals surface area (Å²) < 4.78 is 0. The number of hydrogen-bond donors (Lipinski definition) is 2. The number of amides is 1. The molecular weight excluding hydrogens is 286 g/mol. The maximum absolute atomic E-state index is 12.0. The summed E-state index contributed by atoms with van der Waals surface area (Å²) >= 11 is 5.84. The zero-order valence-corrected chi connectivity index (χ0v) is 10.7. The molecule has 0 atom stereocenters. The van der Waals surface area contributed by atoms with E-state index in [0.717, 1.165) is 6.07 Å². The van der Waals surface area contributed by atoms with Gasteiger partial charge in [-0.25, -0.2) is 0 Å². The van der Waals surface area contributed by atoms with Crippen LogP contribution in [0.2, 0.25) is 5.02 Å². The largest absolute Gasteiger partial charge is 0.508 e. The van der Waals surface area contributed by atoms with E-state index in [2.05, 4.69) is 10.3 Å². The van der Waals surface area contributed by atoms with Crippen molar-refractivity contribution in [2.75, 3.05) is 5.32 Å². The van der Waals surface area contributed by atoms with Crippen LogP contribution < -0.4 is 5.32 Å². The van der Waals surface area contributed by atoms with Gasteiger partial charge in [0.25, 0.3) is 11.6 Å². The number of nitrogens with zero attached hydrogens (tertiary/aromatic N) is 2. The van der Waals surface area contributed by atoms with Crippen molar-refractivity contribution in [3.63, 3.8) is 0 Å². The summed E-state index contributed by atoms with van der Waals surface area (Å²) in [6.07, 6.45) is 2.67. The summed E-state index contributed by atoms with van der Waals surface area (Å²) in [5.74, 6) is -0.897.